The summed E-state index contributed by atoms with van der Waals surface area (Å²) >= 11 is 2.74. The number of aromatic nitrogens is 14. The topological polar surface area (TPSA) is 325 Å². The maximum atomic E-state index is 12.6. The van der Waals surface area contributed by atoms with Crippen molar-refractivity contribution in [1.29, 1.82) is 0 Å². The van der Waals surface area contributed by atoms with Crippen LogP contribution in [0.1, 0.15) is 60.4 Å². The van der Waals surface area contributed by atoms with Crippen molar-refractivity contribution in [2.24, 2.45) is 0 Å². The van der Waals surface area contributed by atoms with Crippen LogP contribution < -0.4 is 0 Å². The van der Waals surface area contributed by atoms with Gasteiger partial charge in [-0.05, 0) is 6.42 Å². The van der Waals surface area contributed by atoms with E-state index in [2.05, 4.69) is 20.6 Å². The van der Waals surface area contributed by atoms with Gasteiger partial charge in [-0.3, -0.25) is 37.9 Å². The number of rotatable bonds is 20. The lowest BCUT2D eigenvalue weighted by atomic mass is 10.1. The second kappa shape index (κ2) is 24.3. The quantitative estimate of drug-likeness (QED) is 0.0336. The first-order chi connectivity index (χ1) is 39.1. The number of ether oxygens (including phenoxy) is 8. The normalized spacial score (nSPS) is 20.5. The van der Waals surface area contributed by atoms with E-state index in [9.17, 15) is 28.8 Å². The standard InChI is InChI=1S/C51H50N14O14S2/c1-26(66)72-22-36-40(74-28(3)68)42(76-30(5)70)48(78-36)62-24-52-38-44(62)54-50(64-20-34(58-60-64)32-14-9-7-10-15-32)56-46(38)80-18-13-19-81-47-39-45(55-51(57-47)65-21-35(59-61-65)33-16-11-8-12-17-33)63(25-53-39)49-43(77-31(6)71)41(75-29(4)69)37(79-49)23-73-27(2)67/h7-12,14-17,20-21,24-25,36-37,40-43,48-49H,13,18-19,22-23H2,1-6H3/t36-,37-,40-,41-,42-,43-,48-,49-/m1/s1. The molecule has 8 heterocycles. The number of thioether (sulfide) groups is 2. The van der Waals surface area contributed by atoms with Crippen LogP contribution in [0, 0.1) is 0 Å². The van der Waals surface area contributed by atoms with Gasteiger partial charge in [0.2, 0.25) is 0 Å². The molecule has 0 saturated carbocycles. The van der Waals surface area contributed by atoms with Crippen LogP contribution in [0.3, 0.4) is 0 Å². The molecule has 0 radical (unpaired) electrons. The number of imidazole rings is 2. The lowest BCUT2D eigenvalue weighted by Crippen LogP contribution is -2.40. The molecule has 0 bridgehead atoms. The van der Waals surface area contributed by atoms with Gasteiger partial charge in [0.25, 0.3) is 11.9 Å². The summed E-state index contributed by atoms with van der Waals surface area (Å²) in [7, 11) is 0. The SMILES string of the molecule is CC(=O)OC[C@H]1O[C@@H](n2cnc3c(SCCCSc4nc(-n5cc(-c6ccccc6)nn5)nc5c4ncn5[C@@H]4O[C@H](COC(C)=O)[C@@H](OC(C)=O)[C@H]4OC(C)=O)nc(-n4cc(-c5ccccc5)nn4)nc32)[C@H](OC(C)=O)[C@@H]1OC(C)=O. The van der Waals surface area contributed by atoms with Gasteiger partial charge < -0.3 is 37.9 Å². The molecule has 2 aliphatic heterocycles. The Labute approximate surface area is 467 Å². The second-order valence-corrected chi connectivity index (χ2v) is 20.4. The van der Waals surface area contributed by atoms with Crippen molar-refractivity contribution in [3.63, 3.8) is 0 Å². The molecule has 2 aromatic carbocycles. The van der Waals surface area contributed by atoms with Gasteiger partial charge in [0.1, 0.15) is 57.9 Å². The highest BCUT2D eigenvalue weighted by Gasteiger charge is 2.52. The smallest absolute Gasteiger partial charge is 0.303 e. The fourth-order valence-electron chi connectivity index (χ4n) is 8.97. The summed E-state index contributed by atoms with van der Waals surface area (Å²) in [5, 5.41) is 18.3. The first kappa shape index (κ1) is 55.6. The van der Waals surface area contributed by atoms with Crippen molar-refractivity contribution >= 4 is 81.7 Å². The number of hydrogen-bond donors (Lipinski definition) is 0. The minimum atomic E-state index is -1.23. The molecule has 0 spiro atoms. The Morgan fingerprint density at radius 3 is 1.26 bits per heavy atom. The number of carbonyl (C=O) groups excluding carboxylic acids is 6. The van der Waals surface area contributed by atoms with Crippen molar-refractivity contribution in [3.05, 3.63) is 85.7 Å². The molecule has 2 fully saturated rings. The van der Waals surface area contributed by atoms with Gasteiger partial charge in [0.15, 0.2) is 48.2 Å². The van der Waals surface area contributed by atoms with E-state index < -0.39 is 84.9 Å². The van der Waals surface area contributed by atoms with E-state index in [1.807, 2.05) is 60.7 Å². The molecule has 10 rings (SSSR count). The predicted octanol–water partition coefficient (Wildman–Crippen LogP) is 4.38. The van der Waals surface area contributed by atoms with Crippen LogP contribution in [0.5, 0.6) is 0 Å². The van der Waals surface area contributed by atoms with Gasteiger partial charge in [-0.2, -0.15) is 19.3 Å². The Morgan fingerprint density at radius 1 is 0.506 bits per heavy atom. The van der Waals surface area contributed by atoms with Crippen molar-refractivity contribution in [3.8, 4) is 34.4 Å². The highest BCUT2D eigenvalue weighted by molar-refractivity contribution is 8.00. The van der Waals surface area contributed by atoms with Crippen molar-refractivity contribution in [1.82, 2.24) is 69.0 Å². The second-order valence-electron chi connectivity index (χ2n) is 18.2. The number of benzene rings is 2. The van der Waals surface area contributed by atoms with Crippen LogP contribution >= 0.6 is 23.5 Å². The van der Waals surface area contributed by atoms with E-state index in [-0.39, 0.29) is 36.4 Å². The molecular formula is C51H50N14O14S2. The zero-order valence-electron chi connectivity index (χ0n) is 44.0. The summed E-state index contributed by atoms with van der Waals surface area (Å²) in [6.07, 6.45) is -2.51. The van der Waals surface area contributed by atoms with Gasteiger partial charge >= 0.3 is 35.8 Å². The summed E-state index contributed by atoms with van der Waals surface area (Å²) in [4.78, 5) is 103. The Hall–Kier alpha value is -8.74. The molecule has 30 heteroatoms. The van der Waals surface area contributed by atoms with E-state index in [0.717, 1.165) is 11.1 Å². The van der Waals surface area contributed by atoms with Crippen molar-refractivity contribution in [2.75, 3.05) is 24.7 Å². The summed E-state index contributed by atoms with van der Waals surface area (Å²) in [5.74, 6) is -2.81. The van der Waals surface area contributed by atoms with Gasteiger partial charge in [0, 0.05) is 64.2 Å². The maximum Gasteiger partial charge on any atom is 0.303 e. The number of nitrogens with zero attached hydrogens (tertiary/aromatic N) is 14. The average molecular weight is 1150 g/mol. The van der Waals surface area contributed by atoms with Crippen LogP contribution in [0.2, 0.25) is 0 Å². The van der Waals surface area contributed by atoms with E-state index in [1.165, 1.54) is 96.2 Å². The molecule has 2 saturated heterocycles. The lowest BCUT2D eigenvalue weighted by Gasteiger charge is -2.23. The molecule has 0 N–H and O–H groups in total. The molecule has 420 valence electrons. The lowest BCUT2D eigenvalue weighted by molar-refractivity contribution is -0.166. The average Bonchev–Trinajstić information content (AvgIpc) is 4.04. The zero-order chi connectivity index (χ0) is 56.9. The first-order valence-corrected chi connectivity index (χ1v) is 27.0. The molecule has 0 aliphatic carbocycles. The van der Waals surface area contributed by atoms with Crippen molar-refractivity contribution in [2.45, 2.75) is 107 Å². The first-order valence-electron chi connectivity index (χ1n) is 25.1. The van der Waals surface area contributed by atoms with E-state index >= 15 is 0 Å². The molecule has 8 atom stereocenters. The minimum absolute atomic E-state index is 0.111. The van der Waals surface area contributed by atoms with Gasteiger partial charge in [-0.15, -0.1) is 33.7 Å². The third-order valence-electron chi connectivity index (χ3n) is 12.3. The number of carbonyl (C=O) groups is 6. The molecule has 0 unspecified atom stereocenters. The maximum absolute atomic E-state index is 12.6. The Bertz CT molecular complexity index is 3400. The summed E-state index contributed by atoms with van der Waals surface area (Å²) in [6.45, 7) is 6.60. The monoisotopic (exact) mass is 1150 g/mol. The van der Waals surface area contributed by atoms with Crippen LogP contribution in [0.4, 0.5) is 0 Å². The summed E-state index contributed by atoms with van der Waals surface area (Å²) in [6, 6.07) is 18.8. The number of hydrogen-bond acceptors (Lipinski definition) is 26. The molecule has 0 amide bonds. The van der Waals surface area contributed by atoms with E-state index in [4.69, 9.17) is 67.8 Å². The largest absolute Gasteiger partial charge is 0.463 e. The third kappa shape index (κ3) is 12.5. The molecular weight excluding hydrogens is 1100 g/mol. The Kier molecular flexibility index (Phi) is 16.7. The Morgan fingerprint density at radius 2 is 0.889 bits per heavy atom. The van der Waals surface area contributed by atoms with E-state index in [1.54, 1.807) is 12.4 Å². The fraction of sp³-hybridized carbons (Fsp3) is 0.373. The molecule has 8 aromatic rings. The summed E-state index contributed by atoms with van der Waals surface area (Å²) < 4.78 is 51.9. The number of esters is 6. The van der Waals surface area contributed by atoms with Crippen LogP contribution in [-0.2, 0) is 66.7 Å². The molecule has 6 aromatic heterocycles. The Balaban J connectivity index is 0.967. The minimum Gasteiger partial charge on any atom is -0.463 e. The van der Waals surface area contributed by atoms with Crippen LogP contribution in [-0.4, -0.2) is 166 Å². The molecule has 28 nitrogen and oxygen atoms in total. The highest BCUT2D eigenvalue weighted by Crippen LogP contribution is 2.40. The molecule has 2 aliphatic rings. The van der Waals surface area contributed by atoms with Crippen molar-refractivity contribution < 1.29 is 66.7 Å². The highest BCUT2D eigenvalue weighted by atomic mass is 32.2. The van der Waals surface area contributed by atoms with Crippen LogP contribution in [0.15, 0.2) is 95.8 Å². The van der Waals surface area contributed by atoms with Gasteiger partial charge in [-0.25, -0.2) is 19.9 Å². The van der Waals surface area contributed by atoms with Crippen LogP contribution in [0.25, 0.3) is 56.7 Å². The predicted molar refractivity (Wildman–Crippen MR) is 281 cm³/mol. The summed E-state index contributed by atoms with van der Waals surface area (Å²) in [5.41, 5.74) is 3.86. The zero-order valence-corrected chi connectivity index (χ0v) is 45.7. The third-order valence-corrected chi connectivity index (χ3v) is 14.4. The van der Waals surface area contributed by atoms with Gasteiger partial charge in [0.05, 0.1) is 25.0 Å². The molecule has 81 heavy (non-hydrogen) atoms. The van der Waals surface area contributed by atoms with Gasteiger partial charge in [-0.1, -0.05) is 71.1 Å². The van der Waals surface area contributed by atoms with E-state index in [0.29, 0.717) is 50.4 Å². The fourth-order valence-corrected chi connectivity index (χ4v) is 11.0. The number of fused-ring (bicyclic) bond motifs is 2.